The van der Waals surface area contributed by atoms with Crippen LogP contribution in [-0.4, -0.2) is 31.6 Å². The molecule has 0 fully saturated rings. The average molecular weight is 442 g/mol. The second kappa shape index (κ2) is 12.5. The van der Waals surface area contributed by atoms with Crippen LogP contribution < -0.4 is 22.5 Å². The number of rotatable bonds is 11. The highest BCUT2D eigenvalue weighted by atomic mass is 35.5. The van der Waals surface area contributed by atoms with Gasteiger partial charge in [-0.15, -0.1) is 0 Å². The fourth-order valence-corrected chi connectivity index (χ4v) is 3.85. The monoisotopic (exact) mass is 441 g/mol. The molecule has 2 unspecified atom stereocenters. The van der Waals surface area contributed by atoms with Crippen molar-refractivity contribution in [3.63, 3.8) is 0 Å². The zero-order valence-electron chi connectivity index (χ0n) is 18.5. The Morgan fingerprint density at radius 1 is 0.968 bits per heavy atom. The van der Waals surface area contributed by atoms with Crippen LogP contribution in [0.2, 0.25) is 0 Å². The highest BCUT2D eigenvalue weighted by molar-refractivity contribution is 6.08. The van der Waals surface area contributed by atoms with Crippen LogP contribution in [0.15, 0.2) is 66.7 Å². The van der Waals surface area contributed by atoms with Crippen molar-refractivity contribution in [1.29, 1.82) is 0 Å². The number of ketones is 1. The summed E-state index contributed by atoms with van der Waals surface area (Å²) in [7, 11) is 0. The van der Waals surface area contributed by atoms with Crippen LogP contribution in [0.3, 0.4) is 0 Å². The summed E-state index contributed by atoms with van der Waals surface area (Å²) in [6, 6.07) is 22.4. The van der Waals surface area contributed by atoms with Crippen molar-refractivity contribution in [1.82, 2.24) is 0 Å². The minimum atomic E-state index is 0. The van der Waals surface area contributed by atoms with E-state index < -0.39 is 0 Å². The highest BCUT2D eigenvalue weighted by Gasteiger charge is 2.22. The predicted molar refractivity (Wildman–Crippen MR) is 121 cm³/mol. The van der Waals surface area contributed by atoms with Gasteiger partial charge in [-0.05, 0) is 43.9 Å². The number of halogens is 1. The molecule has 0 radical (unpaired) electrons. The topological polar surface area (TPSA) is 52.1 Å². The Hall–Kier alpha value is -2.40. The van der Waals surface area contributed by atoms with Gasteiger partial charge in [0.05, 0.1) is 13.2 Å². The van der Waals surface area contributed by atoms with E-state index in [0.717, 1.165) is 35.1 Å². The lowest BCUT2D eigenvalue weighted by Gasteiger charge is -2.23. The molecule has 3 aromatic carbocycles. The van der Waals surface area contributed by atoms with E-state index in [1.807, 2.05) is 49.4 Å². The van der Waals surface area contributed by atoms with Crippen LogP contribution in [-0.2, 0) is 4.74 Å². The molecular weight excluding hydrogens is 410 g/mol. The summed E-state index contributed by atoms with van der Waals surface area (Å²) < 4.78 is 12.1. The van der Waals surface area contributed by atoms with Crippen molar-refractivity contribution in [3.05, 3.63) is 77.9 Å². The van der Waals surface area contributed by atoms with E-state index in [2.05, 4.69) is 36.5 Å². The molecule has 0 amide bonds. The molecule has 31 heavy (non-hydrogen) atoms. The van der Waals surface area contributed by atoms with Crippen molar-refractivity contribution in [2.75, 3.05) is 19.8 Å². The van der Waals surface area contributed by atoms with Crippen molar-refractivity contribution in [2.45, 2.75) is 39.3 Å². The third kappa shape index (κ3) is 6.54. The Balaban J connectivity index is 0.00000341. The molecule has 0 bridgehead atoms. The maximum Gasteiger partial charge on any atom is 0.160 e. The number of hydrogen-bond acceptors (Lipinski definition) is 3. The van der Waals surface area contributed by atoms with Crippen LogP contribution in [0.1, 0.15) is 49.2 Å². The molecule has 2 N–H and O–H groups in total. The van der Waals surface area contributed by atoms with E-state index in [0.29, 0.717) is 19.3 Å². The molecule has 0 aliphatic rings. The average Bonchev–Trinajstić information content (AvgIpc) is 2.77. The molecule has 0 heterocycles. The SMILES string of the molecule is CCOC(c1ccccc1)C(C)[NH2+]CCCOc1ccc(C(C)=O)c2ccccc12.[Cl-]. The maximum absolute atomic E-state index is 11.9. The van der Waals surface area contributed by atoms with Gasteiger partial charge in [0.1, 0.15) is 17.9 Å². The normalized spacial score (nSPS) is 12.7. The van der Waals surface area contributed by atoms with Gasteiger partial charge < -0.3 is 27.2 Å². The molecule has 2 atom stereocenters. The van der Waals surface area contributed by atoms with Crippen molar-refractivity contribution in [3.8, 4) is 5.75 Å². The molecule has 5 heteroatoms. The maximum atomic E-state index is 11.9. The number of nitrogens with two attached hydrogens (primary N) is 1. The molecule has 166 valence electrons. The van der Waals surface area contributed by atoms with E-state index in [-0.39, 0.29) is 24.3 Å². The smallest absolute Gasteiger partial charge is 0.160 e. The Morgan fingerprint density at radius 3 is 2.32 bits per heavy atom. The molecular formula is C26H32ClNO3. The molecule has 0 aliphatic carbocycles. The number of carbonyl (C=O) groups is 1. The van der Waals surface area contributed by atoms with Gasteiger partial charge in [-0.25, -0.2) is 0 Å². The summed E-state index contributed by atoms with van der Waals surface area (Å²) in [5.74, 6) is 0.906. The molecule has 0 aromatic heterocycles. The van der Waals surface area contributed by atoms with Gasteiger partial charge in [-0.3, -0.25) is 4.79 Å². The van der Waals surface area contributed by atoms with Gasteiger partial charge in [-0.2, -0.15) is 0 Å². The molecule has 0 saturated carbocycles. The highest BCUT2D eigenvalue weighted by Crippen LogP contribution is 2.29. The standard InChI is InChI=1S/C26H31NO3.ClH/c1-4-29-26(21-11-6-5-7-12-21)19(2)27-17-10-18-30-25-16-15-22(20(3)28)23-13-8-9-14-24(23)25;/h5-9,11-16,19,26-27H,4,10,17-18H2,1-3H3;1H. The van der Waals surface area contributed by atoms with E-state index in [9.17, 15) is 4.79 Å². The number of benzene rings is 3. The first-order valence-electron chi connectivity index (χ1n) is 10.8. The first kappa shape index (κ1) is 24.9. The summed E-state index contributed by atoms with van der Waals surface area (Å²) in [6.07, 6.45) is 1.01. The van der Waals surface area contributed by atoms with Gasteiger partial charge in [0.2, 0.25) is 0 Å². The summed E-state index contributed by atoms with van der Waals surface area (Å²) >= 11 is 0. The summed E-state index contributed by atoms with van der Waals surface area (Å²) in [5.41, 5.74) is 1.96. The summed E-state index contributed by atoms with van der Waals surface area (Å²) in [5, 5.41) is 4.27. The van der Waals surface area contributed by atoms with E-state index in [1.165, 1.54) is 5.56 Å². The predicted octanol–water partition coefficient (Wildman–Crippen LogP) is 1.55. The molecule has 3 rings (SSSR count). The Labute approximate surface area is 191 Å². The number of hydrogen-bond donors (Lipinski definition) is 1. The number of quaternary nitrogens is 1. The van der Waals surface area contributed by atoms with Crippen LogP contribution in [0, 0.1) is 0 Å². The Bertz CT molecular complexity index is 961. The third-order valence-corrected chi connectivity index (χ3v) is 5.36. The zero-order valence-corrected chi connectivity index (χ0v) is 19.3. The fourth-order valence-electron chi connectivity index (χ4n) is 3.85. The molecule has 0 spiro atoms. The number of Topliss-reactive ketones (excluding diaryl/α,β-unsaturated/α-hetero) is 1. The van der Waals surface area contributed by atoms with Crippen LogP contribution in [0.4, 0.5) is 0 Å². The molecule has 3 aromatic rings. The second-order valence-electron chi connectivity index (χ2n) is 7.59. The lowest BCUT2D eigenvalue weighted by molar-refractivity contribution is -0.695. The minimum Gasteiger partial charge on any atom is -1.00 e. The summed E-state index contributed by atoms with van der Waals surface area (Å²) in [4.78, 5) is 11.9. The van der Waals surface area contributed by atoms with Gasteiger partial charge in [0.25, 0.3) is 0 Å². The van der Waals surface area contributed by atoms with Crippen molar-refractivity contribution in [2.24, 2.45) is 0 Å². The van der Waals surface area contributed by atoms with Crippen molar-refractivity contribution < 1.29 is 32.0 Å². The minimum absolute atomic E-state index is 0. The second-order valence-corrected chi connectivity index (χ2v) is 7.59. The number of carbonyl (C=O) groups excluding carboxylic acids is 1. The molecule has 0 saturated heterocycles. The van der Waals surface area contributed by atoms with Gasteiger partial charge in [-0.1, -0.05) is 54.6 Å². The van der Waals surface area contributed by atoms with Gasteiger partial charge in [0, 0.05) is 24.0 Å². The first-order chi connectivity index (χ1) is 14.6. The zero-order chi connectivity index (χ0) is 21.3. The fraction of sp³-hybridized carbons (Fsp3) is 0.346. The van der Waals surface area contributed by atoms with E-state index >= 15 is 0 Å². The molecule has 0 aliphatic heterocycles. The van der Waals surface area contributed by atoms with Crippen molar-refractivity contribution >= 4 is 16.6 Å². The largest absolute Gasteiger partial charge is 1.00 e. The summed E-state index contributed by atoms with van der Waals surface area (Å²) in [6.45, 7) is 8.15. The lowest BCUT2D eigenvalue weighted by atomic mass is 10.0. The van der Waals surface area contributed by atoms with Gasteiger partial charge >= 0.3 is 0 Å². The van der Waals surface area contributed by atoms with Crippen LogP contribution >= 0.6 is 0 Å². The van der Waals surface area contributed by atoms with Crippen LogP contribution in [0.5, 0.6) is 5.75 Å². The third-order valence-electron chi connectivity index (χ3n) is 5.36. The Morgan fingerprint density at radius 2 is 1.65 bits per heavy atom. The molecule has 4 nitrogen and oxygen atoms in total. The van der Waals surface area contributed by atoms with E-state index in [1.54, 1.807) is 6.92 Å². The quantitative estimate of drug-likeness (QED) is 0.363. The Kier molecular flexibility index (Phi) is 9.99. The van der Waals surface area contributed by atoms with Crippen LogP contribution in [0.25, 0.3) is 10.8 Å². The number of fused-ring (bicyclic) bond motifs is 1. The van der Waals surface area contributed by atoms with Gasteiger partial charge in [0.15, 0.2) is 5.78 Å². The number of ether oxygens (including phenoxy) is 2. The first-order valence-corrected chi connectivity index (χ1v) is 10.8. The van der Waals surface area contributed by atoms with E-state index in [4.69, 9.17) is 9.47 Å². The lowest BCUT2D eigenvalue weighted by Crippen LogP contribution is -3.00.